The lowest BCUT2D eigenvalue weighted by molar-refractivity contribution is -0.103. The Bertz CT molecular complexity index is 210. The average Bonchev–Trinajstić information content (AvgIpc) is 2.16. The molecule has 0 N–H and O–H groups in total. The van der Waals surface area contributed by atoms with E-state index in [2.05, 4.69) is 25.7 Å². The number of hydrogen-bond donors (Lipinski definition) is 0. The van der Waals surface area contributed by atoms with Gasteiger partial charge in [-0.3, -0.25) is 4.90 Å². The monoisotopic (exact) mass is 223 g/mol. The van der Waals surface area contributed by atoms with E-state index < -0.39 is 0 Å². The van der Waals surface area contributed by atoms with Crippen molar-refractivity contribution < 1.29 is 0 Å². The first kappa shape index (κ1) is 12.4. The number of piperidine rings is 2. The van der Waals surface area contributed by atoms with Crippen LogP contribution in [0.1, 0.15) is 66.7 Å². The van der Waals surface area contributed by atoms with E-state index >= 15 is 0 Å². The summed E-state index contributed by atoms with van der Waals surface area (Å²) in [7, 11) is 0. The zero-order chi connectivity index (χ0) is 11.9. The Morgan fingerprint density at radius 3 is 1.44 bits per heavy atom. The lowest BCUT2D eigenvalue weighted by Gasteiger charge is -2.60. The largest absolute Gasteiger partial charge is 0.293 e. The summed E-state index contributed by atoms with van der Waals surface area (Å²) in [4.78, 5) is 2.85. The van der Waals surface area contributed by atoms with E-state index in [-0.39, 0.29) is 0 Å². The predicted molar refractivity (Wildman–Crippen MR) is 70.6 cm³/mol. The van der Waals surface area contributed by atoms with Crippen molar-refractivity contribution >= 4 is 0 Å². The molecule has 2 saturated heterocycles. The van der Waals surface area contributed by atoms with Crippen LogP contribution in [-0.2, 0) is 0 Å². The lowest BCUT2D eigenvalue weighted by atomic mass is 9.62. The van der Waals surface area contributed by atoms with Gasteiger partial charge >= 0.3 is 0 Å². The molecule has 0 aromatic heterocycles. The van der Waals surface area contributed by atoms with Crippen molar-refractivity contribution in [3.8, 4) is 0 Å². The number of nitrogens with zero attached hydrogens (tertiary/aromatic N) is 1. The third-order valence-electron chi connectivity index (χ3n) is 4.65. The van der Waals surface area contributed by atoms with Gasteiger partial charge in [0.1, 0.15) is 0 Å². The van der Waals surface area contributed by atoms with E-state index in [4.69, 9.17) is 0 Å². The molecule has 2 aliphatic carbocycles. The van der Waals surface area contributed by atoms with Crippen molar-refractivity contribution in [2.75, 3.05) is 0 Å². The number of hydrogen-bond acceptors (Lipinski definition) is 1. The maximum absolute atomic E-state index is 2.85. The van der Waals surface area contributed by atoms with Crippen molar-refractivity contribution in [3.63, 3.8) is 0 Å². The van der Waals surface area contributed by atoms with Gasteiger partial charge < -0.3 is 0 Å². The van der Waals surface area contributed by atoms with Crippen LogP contribution in [0.15, 0.2) is 0 Å². The molecule has 4 aliphatic rings. The summed E-state index contributed by atoms with van der Waals surface area (Å²) in [6, 6.07) is 1.87. The lowest BCUT2D eigenvalue weighted by Crippen LogP contribution is -2.63. The highest BCUT2D eigenvalue weighted by atomic mass is 15.3. The van der Waals surface area contributed by atoms with Crippen LogP contribution in [0.5, 0.6) is 0 Å². The molecule has 2 saturated carbocycles. The quantitative estimate of drug-likeness (QED) is 0.598. The van der Waals surface area contributed by atoms with Gasteiger partial charge in [0, 0.05) is 17.6 Å². The van der Waals surface area contributed by atoms with Crippen LogP contribution in [0, 0.1) is 11.8 Å². The van der Waals surface area contributed by atoms with Crippen LogP contribution in [0.25, 0.3) is 0 Å². The van der Waals surface area contributed by atoms with Crippen molar-refractivity contribution in [2.24, 2.45) is 11.8 Å². The standard InChI is InChI=1S/C13H23N.C2H6/c1-13(2,3)14-11-5-9-4-10(7-11)8-12(14)6-9;1-2/h9-12H,4-8H2,1-3H3;1-2H3. The van der Waals surface area contributed by atoms with Crippen LogP contribution < -0.4 is 0 Å². The molecule has 94 valence electrons. The highest BCUT2D eigenvalue weighted by Crippen LogP contribution is 2.51. The van der Waals surface area contributed by atoms with Gasteiger partial charge in [-0.1, -0.05) is 13.8 Å². The number of rotatable bonds is 0. The van der Waals surface area contributed by atoms with Gasteiger partial charge in [0.2, 0.25) is 0 Å². The first-order valence-electron chi connectivity index (χ1n) is 7.32. The topological polar surface area (TPSA) is 3.24 Å². The molecule has 0 aromatic rings. The second-order valence-corrected chi connectivity index (χ2v) is 6.80. The summed E-state index contributed by atoms with van der Waals surface area (Å²) >= 11 is 0. The van der Waals surface area contributed by atoms with Crippen molar-refractivity contribution in [3.05, 3.63) is 0 Å². The molecule has 16 heavy (non-hydrogen) atoms. The van der Waals surface area contributed by atoms with E-state index in [9.17, 15) is 0 Å². The first-order chi connectivity index (χ1) is 7.54. The molecule has 0 unspecified atom stereocenters. The maximum atomic E-state index is 2.85. The van der Waals surface area contributed by atoms with Crippen LogP contribution in [-0.4, -0.2) is 22.5 Å². The molecule has 1 heteroatoms. The minimum atomic E-state index is 0.405. The SMILES string of the molecule is CC.CC(C)(C)N1C2CC3CC(C2)CC1C3. The van der Waals surface area contributed by atoms with E-state index in [1.54, 1.807) is 6.42 Å². The van der Waals surface area contributed by atoms with Gasteiger partial charge in [-0.2, -0.15) is 0 Å². The zero-order valence-electron chi connectivity index (χ0n) is 11.8. The average molecular weight is 223 g/mol. The molecule has 0 radical (unpaired) electrons. The summed E-state index contributed by atoms with van der Waals surface area (Å²) < 4.78 is 0. The van der Waals surface area contributed by atoms with Gasteiger partial charge in [-0.05, 0) is 64.7 Å². The normalized spacial score (nSPS) is 41.8. The summed E-state index contributed by atoms with van der Waals surface area (Å²) in [5.74, 6) is 2.19. The minimum absolute atomic E-state index is 0.405. The smallest absolute Gasteiger partial charge is 0.0130 e. The van der Waals surface area contributed by atoms with Gasteiger partial charge in [-0.25, -0.2) is 0 Å². The molecule has 0 spiro atoms. The fourth-order valence-electron chi connectivity index (χ4n) is 4.63. The molecular weight excluding hydrogens is 194 g/mol. The van der Waals surface area contributed by atoms with Gasteiger partial charge in [0.25, 0.3) is 0 Å². The fourth-order valence-corrected chi connectivity index (χ4v) is 4.63. The summed E-state index contributed by atoms with van der Waals surface area (Å²) in [6.07, 6.45) is 7.58. The Kier molecular flexibility index (Phi) is 3.36. The second-order valence-electron chi connectivity index (χ2n) is 6.80. The molecule has 4 rings (SSSR count). The third kappa shape index (κ3) is 2.03. The molecule has 0 atom stereocenters. The van der Waals surface area contributed by atoms with Crippen LogP contribution in [0.4, 0.5) is 0 Å². The Labute approximate surface area is 102 Å². The molecule has 4 fully saturated rings. The zero-order valence-corrected chi connectivity index (χ0v) is 11.8. The molecule has 2 heterocycles. The Morgan fingerprint density at radius 2 is 1.12 bits per heavy atom. The van der Waals surface area contributed by atoms with E-state index in [1.807, 2.05) is 13.8 Å². The molecule has 2 aliphatic heterocycles. The highest BCUT2D eigenvalue weighted by molar-refractivity contribution is 5.03. The van der Waals surface area contributed by atoms with Crippen molar-refractivity contribution in [1.82, 2.24) is 4.90 Å². The second kappa shape index (κ2) is 4.33. The minimum Gasteiger partial charge on any atom is -0.293 e. The fraction of sp³-hybridized carbons (Fsp3) is 1.00. The van der Waals surface area contributed by atoms with Gasteiger partial charge in [0.15, 0.2) is 0 Å². The Balaban J connectivity index is 0.000000457. The summed E-state index contributed by atoms with van der Waals surface area (Å²) in [5, 5.41) is 0. The Hall–Kier alpha value is -0.0400. The first-order valence-corrected chi connectivity index (χ1v) is 7.32. The molecule has 0 aromatic carbocycles. The Morgan fingerprint density at radius 1 is 0.750 bits per heavy atom. The maximum Gasteiger partial charge on any atom is 0.0130 e. The van der Waals surface area contributed by atoms with E-state index in [0.29, 0.717) is 5.54 Å². The summed E-state index contributed by atoms with van der Waals surface area (Å²) in [5.41, 5.74) is 0.405. The van der Waals surface area contributed by atoms with Crippen LogP contribution in [0.2, 0.25) is 0 Å². The van der Waals surface area contributed by atoms with Gasteiger partial charge in [0.05, 0.1) is 0 Å². The molecular formula is C15H29N. The van der Waals surface area contributed by atoms with Crippen molar-refractivity contribution in [2.45, 2.75) is 84.3 Å². The van der Waals surface area contributed by atoms with Crippen LogP contribution in [0.3, 0.4) is 0 Å². The van der Waals surface area contributed by atoms with Crippen molar-refractivity contribution in [1.29, 1.82) is 0 Å². The predicted octanol–water partition coefficient (Wildman–Crippen LogP) is 4.07. The molecule has 4 bridgehead atoms. The highest BCUT2D eigenvalue weighted by Gasteiger charge is 2.49. The van der Waals surface area contributed by atoms with E-state index in [0.717, 1.165) is 23.9 Å². The van der Waals surface area contributed by atoms with E-state index in [1.165, 1.54) is 25.7 Å². The van der Waals surface area contributed by atoms with Gasteiger partial charge in [-0.15, -0.1) is 0 Å². The van der Waals surface area contributed by atoms with Crippen LogP contribution >= 0.6 is 0 Å². The molecule has 0 amide bonds. The summed E-state index contributed by atoms with van der Waals surface area (Å²) in [6.45, 7) is 11.2. The third-order valence-corrected chi connectivity index (χ3v) is 4.65. The molecule has 1 nitrogen and oxygen atoms in total.